The number of aryl methyl sites for hydroxylation is 2. The number of rotatable bonds is 2. The van der Waals surface area contributed by atoms with Gasteiger partial charge >= 0.3 is 0 Å². The molecule has 2 heteroatoms. The van der Waals surface area contributed by atoms with E-state index < -0.39 is 11.5 Å². The van der Waals surface area contributed by atoms with Gasteiger partial charge in [0.1, 0.15) is 0 Å². The predicted octanol–water partition coefficient (Wildman–Crippen LogP) is 3.42. The minimum atomic E-state index is -0.644. The first kappa shape index (κ1) is 12.1. The maximum absolute atomic E-state index is 10.5. The van der Waals surface area contributed by atoms with Crippen molar-refractivity contribution in [1.29, 1.82) is 5.26 Å². The molecule has 0 aromatic heterocycles. The number of nitriles is 1. The maximum Gasteiger partial charge on any atom is 0.0976 e. The van der Waals surface area contributed by atoms with Crippen molar-refractivity contribution < 1.29 is 5.11 Å². The fraction of sp³-hybridized carbons (Fsp3) is 0.533. The van der Waals surface area contributed by atoms with Crippen molar-refractivity contribution >= 4 is 0 Å². The lowest BCUT2D eigenvalue weighted by molar-refractivity contribution is 0.0670. The van der Waals surface area contributed by atoms with Gasteiger partial charge in [0.25, 0.3) is 0 Å². The molecule has 1 atom stereocenters. The highest BCUT2D eigenvalue weighted by molar-refractivity contribution is 5.33. The van der Waals surface area contributed by atoms with Crippen LogP contribution in [0.5, 0.6) is 0 Å². The fourth-order valence-electron chi connectivity index (χ4n) is 2.71. The van der Waals surface area contributed by atoms with E-state index in [9.17, 15) is 10.4 Å². The van der Waals surface area contributed by atoms with Crippen molar-refractivity contribution in [3.8, 4) is 6.07 Å². The van der Waals surface area contributed by atoms with E-state index in [1.807, 2.05) is 25.1 Å². The molecule has 0 spiro atoms. The average molecular weight is 229 g/mol. The molecule has 17 heavy (non-hydrogen) atoms. The van der Waals surface area contributed by atoms with Gasteiger partial charge < -0.3 is 5.11 Å². The fourth-order valence-corrected chi connectivity index (χ4v) is 2.71. The molecule has 1 unspecified atom stereocenters. The van der Waals surface area contributed by atoms with Gasteiger partial charge in [0.2, 0.25) is 0 Å². The van der Waals surface area contributed by atoms with Gasteiger partial charge in [0.15, 0.2) is 0 Å². The van der Waals surface area contributed by atoms with Gasteiger partial charge in [0, 0.05) is 0 Å². The quantitative estimate of drug-likeness (QED) is 0.844. The van der Waals surface area contributed by atoms with Crippen LogP contribution in [0, 0.1) is 30.6 Å². The minimum Gasteiger partial charge on any atom is -0.387 e. The van der Waals surface area contributed by atoms with E-state index in [1.165, 1.54) is 11.1 Å². The third-order valence-corrected chi connectivity index (χ3v) is 4.09. The summed E-state index contributed by atoms with van der Waals surface area (Å²) >= 11 is 0. The molecule has 1 aliphatic rings. The van der Waals surface area contributed by atoms with Crippen LogP contribution < -0.4 is 0 Å². The van der Waals surface area contributed by atoms with Crippen LogP contribution in [0.25, 0.3) is 0 Å². The number of aliphatic hydroxyl groups is 1. The van der Waals surface area contributed by atoms with Crippen LogP contribution in [0.4, 0.5) is 0 Å². The summed E-state index contributed by atoms with van der Waals surface area (Å²) in [6.45, 7) is 4.10. The number of hydrogen-bond acceptors (Lipinski definition) is 2. The number of hydrogen-bond donors (Lipinski definition) is 1. The van der Waals surface area contributed by atoms with E-state index in [0.717, 1.165) is 31.2 Å². The Bertz CT molecular complexity index is 452. The third-order valence-electron chi connectivity index (χ3n) is 4.09. The molecule has 1 fully saturated rings. The monoisotopic (exact) mass is 229 g/mol. The smallest absolute Gasteiger partial charge is 0.0976 e. The van der Waals surface area contributed by atoms with E-state index in [1.54, 1.807) is 0 Å². The van der Waals surface area contributed by atoms with Gasteiger partial charge in [-0.1, -0.05) is 31.0 Å². The lowest BCUT2D eigenvalue weighted by atomic mass is 9.78. The Balaban J connectivity index is 2.33. The summed E-state index contributed by atoms with van der Waals surface area (Å²) < 4.78 is 0. The average Bonchev–Trinajstić information content (AvgIpc) is 2.81. The third kappa shape index (κ3) is 2.08. The molecular weight excluding hydrogens is 210 g/mol. The van der Waals surface area contributed by atoms with Crippen molar-refractivity contribution in [2.24, 2.45) is 5.41 Å². The topological polar surface area (TPSA) is 44.0 Å². The van der Waals surface area contributed by atoms with Gasteiger partial charge in [-0.05, 0) is 43.4 Å². The molecule has 1 aromatic carbocycles. The summed E-state index contributed by atoms with van der Waals surface area (Å²) in [6.07, 6.45) is 3.09. The van der Waals surface area contributed by atoms with E-state index in [4.69, 9.17) is 0 Å². The molecule has 1 aliphatic carbocycles. The lowest BCUT2D eigenvalue weighted by Crippen LogP contribution is -2.24. The zero-order chi connectivity index (χ0) is 12.5. The number of benzene rings is 1. The Morgan fingerprint density at radius 3 is 2.41 bits per heavy atom. The summed E-state index contributed by atoms with van der Waals surface area (Å²) in [5.41, 5.74) is 2.73. The molecule has 0 heterocycles. The first-order valence-corrected chi connectivity index (χ1v) is 6.25. The highest BCUT2D eigenvalue weighted by Crippen LogP contribution is 2.47. The normalized spacial score (nSPS) is 19.9. The second kappa shape index (κ2) is 4.50. The van der Waals surface area contributed by atoms with Gasteiger partial charge in [-0.2, -0.15) is 5.26 Å². The van der Waals surface area contributed by atoms with E-state index in [2.05, 4.69) is 13.0 Å². The summed E-state index contributed by atoms with van der Waals surface area (Å²) in [5, 5.41) is 19.8. The van der Waals surface area contributed by atoms with Gasteiger partial charge in [-0.15, -0.1) is 0 Å². The van der Waals surface area contributed by atoms with Crippen molar-refractivity contribution in [2.75, 3.05) is 0 Å². The summed E-state index contributed by atoms with van der Waals surface area (Å²) in [7, 11) is 0. The first-order chi connectivity index (χ1) is 8.09. The Hall–Kier alpha value is -1.33. The molecule has 2 rings (SSSR count). The van der Waals surface area contributed by atoms with Gasteiger partial charge in [0.05, 0.1) is 17.6 Å². The minimum absolute atomic E-state index is 0.554. The highest BCUT2D eigenvalue weighted by Gasteiger charge is 2.41. The van der Waals surface area contributed by atoms with Gasteiger partial charge in [-0.25, -0.2) is 0 Å². The molecule has 0 amide bonds. The molecule has 1 aromatic rings. The second-order valence-electron chi connectivity index (χ2n) is 5.22. The van der Waals surface area contributed by atoms with Crippen LogP contribution in [0.15, 0.2) is 18.2 Å². The molecule has 0 radical (unpaired) electrons. The highest BCUT2D eigenvalue weighted by atomic mass is 16.3. The van der Waals surface area contributed by atoms with Crippen molar-refractivity contribution in [3.05, 3.63) is 34.9 Å². The molecule has 0 aliphatic heterocycles. The Morgan fingerprint density at radius 1 is 1.24 bits per heavy atom. The second-order valence-corrected chi connectivity index (χ2v) is 5.22. The van der Waals surface area contributed by atoms with Crippen LogP contribution in [0.2, 0.25) is 0 Å². The van der Waals surface area contributed by atoms with Crippen molar-refractivity contribution in [1.82, 2.24) is 0 Å². The molecule has 90 valence electrons. The summed E-state index contributed by atoms with van der Waals surface area (Å²) in [6, 6.07) is 8.34. The lowest BCUT2D eigenvalue weighted by Gasteiger charge is -2.27. The van der Waals surface area contributed by atoms with Crippen LogP contribution in [-0.2, 0) is 0 Å². The van der Waals surface area contributed by atoms with E-state index in [-0.39, 0.29) is 0 Å². The largest absolute Gasteiger partial charge is 0.387 e. The van der Waals surface area contributed by atoms with Crippen LogP contribution >= 0.6 is 0 Å². The molecule has 0 saturated heterocycles. The Morgan fingerprint density at radius 2 is 1.88 bits per heavy atom. The zero-order valence-corrected chi connectivity index (χ0v) is 10.5. The van der Waals surface area contributed by atoms with Gasteiger partial charge in [-0.3, -0.25) is 0 Å². The van der Waals surface area contributed by atoms with E-state index in [0.29, 0.717) is 0 Å². The standard InChI is InChI=1S/C15H19NO/c1-11-5-6-13(9-12(11)2)14(17)15(10-16)7-3-4-8-15/h5-6,9,14,17H,3-4,7-8H2,1-2H3. The first-order valence-electron chi connectivity index (χ1n) is 6.25. The van der Waals surface area contributed by atoms with E-state index >= 15 is 0 Å². The van der Waals surface area contributed by atoms with Crippen molar-refractivity contribution in [2.45, 2.75) is 45.6 Å². The number of aliphatic hydroxyl groups excluding tert-OH is 1. The molecule has 0 bridgehead atoms. The van der Waals surface area contributed by atoms with Crippen molar-refractivity contribution in [3.63, 3.8) is 0 Å². The van der Waals surface area contributed by atoms with Crippen LogP contribution in [0.3, 0.4) is 0 Å². The zero-order valence-electron chi connectivity index (χ0n) is 10.5. The molecule has 1 saturated carbocycles. The molecule has 1 N–H and O–H groups in total. The van der Waals surface area contributed by atoms with Crippen LogP contribution in [-0.4, -0.2) is 5.11 Å². The molecule has 2 nitrogen and oxygen atoms in total. The number of nitrogens with zero attached hydrogens (tertiary/aromatic N) is 1. The maximum atomic E-state index is 10.5. The van der Waals surface area contributed by atoms with Crippen LogP contribution in [0.1, 0.15) is 48.5 Å². The molecular formula is C15H19NO. The Labute approximate surface area is 103 Å². The predicted molar refractivity (Wildman–Crippen MR) is 67.4 cm³/mol. The summed E-state index contributed by atoms with van der Waals surface area (Å²) in [4.78, 5) is 0. The summed E-state index contributed by atoms with van der Waals surface area (Å²) in [5.74, 6) is 0. The Kier molecular flexibility index (Phi) is 3.22. The SMILES string of the molecule is Cc1ccc(C(O)C2(C#N)CCCC2)cc1C.